The first-order valence-electron chi connectivity index (χ1n) is 15.6. The van der Waals surface area contributed by atoms with E-state index in [0.717, 1.165) is 33.8 Å². The summed E-state index contributed by atoms with van der Waals surface area (Å²) in [5.41, 5.74) is 4.23. The fourth-order valence-corrected chi connectivity index (χ4v) is 7.17. The van der Waals surface area contributed by atoms with Crippen LogP contribution in [0.2, 0.25) is 10.0 Å². The van der Waals surface area contributed by atoms with E-state index in [1.54, 1.807) is 36.4 Å². The van der Waals surface area contributed by atoms with Crippen LogP contribution in [-0.2, 0) is 32.6 Å². The molecular weight excluding hydrogens is 653 g/mol. The standard InChI is InChI=1S/C37H41Cl2N3O4S/c1-5-6-20-40-37(44)35(22-29-10-8-7-9-11-29)41(24-30-16-17-31(38)23-33(30)39)36(43)25-42(34-21-27(3)12-15-28(34)4)47(45,46)32-18-13-26(2)14-19-32/h7-19,21,23,35H,5-6,20,22,24-25H2,1-4H3,(H,40,44)/t35-/m0/s1. The van der Waals surface area contributed by atoms with Gasteiger partial charge in [0.05, 0.1) is 10.6 Å². The number of carbonyl (C=O) groups excluding carboxylic acids is 2. The molecule has 0 radical (unpaired) electrons. The van der Waals surface area contributed by atoms with Crippen LogP contribution in [0, 0.1) is 20.8 Å². The van der Waals surface area contributed by atoms with Crippen LogP contribution in [0.1, 0.15) is 47.6 Å². The highest BCUT2D eigenvalue weighted by Crippen LogP contribution is 2.30. The topological polar surface area (TPSA) is 86.8 Å². The van der Waals surface area contributed by atoms with Crippen LogP contribution in [0.4, 0.5) is 5.69 Å². The van der Waals surface area contributed by atoms with E-state index in [1.165, 1.54) is 17.0 Å². The number of sulfonamides is 1. The van der Waals surface area contributed by atoms with Gasteiger partial charge in [-0.05, 0) is 79.8 Å². The molecular formula is C37H41Cl2N3O4S. The van der Waals surface area contributed by atoms with Crippen molar-refractivity contribution in [2.75, 3.05) is 17.4 Å². The fourth-order valence-electron chi connectivity index (χ4n) is 5.23. The Hall–Kier alpha value is -3.85. The summed E-state index contributed by atoms with van der Waals surface area (Å²) in [6.07, 6.45) is 1.87. The first-order valence-corrected chi connectivity index (χ1v) is 17.8. The number of nitrogens with one attached hydrogen (secondary N) is 1. The molecule has 10 heteroatoms. The normalized spacial score (nSPS) is 12.0. The van der Waals surface area contributed by atoms with Gasteiger partial charge in [-0.1, -0.05) is 103 Å². The molecule has 0 fully saturated rings. The summed E-state index contributed by atoms with van der Waals surface area (Å²) in [5.74, 6) is -0.889. The maximum absolute atomic E-state index is 14.7. The second-order valence-electron chi connectivity index (χ2n) is 11.7. The number of nitrogens with zero attached hydrogens (tertiary/aromatic N) is 2. The zero-order chi connectivity index (χ0) is 34.1. The van der Waals surface area contributed by atoms with Gasteiger partial charge in [-0.15, -0.1) is 0 Å². The minimum atomic E-state index is -4.21. The SMILES string of the molecule is CCCCNC(=O)[C@H](Cc1ccccc1)N(Cc1ccc(Cl)cc1Cl)C(=O)CN(c1cc(C)ccc1C)S(=O)(=O)c1ccc(C)cc1. The number of unbranched alkanes of at least 4 members (excludes halogenated alkanes) is 1. The predicted molar refractivity (Wildman–Crippen MR) is 190 cm³/mol. The minimum Gasteiger partial charge on any atom is -0.354 e. The average Bonchev–Trinajstić information content (AvgIpc) is 3.04. The van der Waals surface area contributed by atoms with Crippen LogP contribution in [0.3, 0.4) is 0 Å². The van der Waals surface area contributed by atoms with Crippen LogP contribution in [0.15, 0.2) is 95.9 Å². The van der Waals surface area contributed by atoms with E-state index >= 15 is 0 Å². The molecule has 2 amide bonds. The highest BCUT2D eigenvalue weighted by Gasteiger charge is 2.35. The zero-order valence-electron chi connectivity index (χ0n) is 27.2. The van der Waals surface area contributed by atoms with Gasteiger partial charge in [0.1, 0.15) is 12.6 Å². The van der Waals surface area contributed by atoms with Crippen LogP contribution in [-0.4, -0.2) is 44.3 Å². The Kier molecular flexibility index (Phi) is 12.5. The molecule has 0 aliphatic heterocycles. The number of hydrogen-bond donors (Lipinski definition) is 1. The number of amides is 2. The lowest BCUT2D eigenvalue weighted by Gasteiger charge is -2.34. The Morgan fingerprint density at radius 1 is 0.851 bits per heavy atom. The molecule has 0 aromatic heterocycles. The molecule has 248 valence electrons. The van der Waals surface area contributed by atoms with Gasteiger partial charge in [-0.2, -0.15) is 0 Å². The molecule has 4 rings (SSSR count). The van der Waals surface area contributed by atoms with Crippen molar-refractivity contribution in [3.63, 3.8) is 0 Å². The fraction of sp³-hybridized carbons (Fsp3) is 0.297. The first kappa shape index (κ1) is 36.0. The summed E-state index contributed by atoms with van der Waals surface area (Å²) in [7, 11) is -4.21. The lowest BCUT2D eigenvalue weighted by atomic mass is 10.0. The summed E-state index contributed by atoms with van der Waals surface area (Å²) >= 11 is 12.8. The molecule has 4 aromatic rings. The van der Waals surface area contributed by atoms with Crippen molar-refractivity contribution >= 4 is 50.7 Å². The highest BCUT2D eigenvalue weighted by molar-refractivity contribution is 7.92. The molecule has 0 unspecified atom stereocenters. The van der Waals surface area contributed by atoms with E-state index in [4.69, 9.17) is 23.2 Å². The maximum atomic E-state index is 14.7. The van der Waals surface area contributed by atoms with Gasteiger partial charge in [0, 0.05) is 29.6 Å². The predicted octanol–water partition coefficient (Wildman–Crippen LogP) is 7.67. The second-order valence-corrected chi connectivity index (χ2v) is 14.4. The van der Waals surface area contributed by atoms with Crippen molar-refractivity contribution in [3.05, 3.63) is 129 Å². The summed E-state index contributed by atoms with van der Waals surface area (Å²) in [4.78, 5) is 30.1. The molecule has 0 bridgehead atoms. The molecule has 0 heterocycles. The molecule has 7 nitrogen and oxygen atoms in total. The van der Waals surface area contributed by atoms with Gasteiger partial charge in [0.15, 0.2) is 0 Å². The van der Waals surface area contributed by atoms with Gasteiger partial charge < -0.3 is 10.2 Å². The van der Waals surface area contributed by atoms with E-state index in [0.29, 0.717) is 33.4 Å². The third-order valence-corrected chi connectivity index (χ3v) is 10.3. The number of carbonyl (C=O) groups is 2. The van der Waals surface area contributed by atoms with E-state index < -0.39 is 28.5 Å². The van der Waals surface area contributed by atoms with Crippen molar-refractivity contribution in [2.24, 2.45) is 0 Å². The average molecular weight is 695 g/mol. The molecule has 0 saturated carbocycles. The summed E-state index contributed by atoms with van der Waals surface area (Å²) in [5, 5.41) is 3.76. The van der Waals surface area contributed by atoms with E-state index in [9.17, 15) is 18.0 Å². The number of aryl methyl sites for hydroxylation is 3. The molecule has 0 spiro atoms. The van der Waals surface area contributed by atoms with Crippen molar-refractivity contribution in [3.8, 4) is 0 Å². The smallest absolute Gasteiger partial charge is 0.264 e. The van der Waals surface area contributed by atoms with Gasteiger partial charge in [0.2, 0.25) is 11.8 Å². The second kappa shape index (κ2) is 16.3. The lowest BCUT2D eigenvalue weighted by molar-refractivity contribution is -0.140. The Bertz CT molecular complexity index is 1800. The Labute approximate surface area is 288 Å². The number of benzene rings is 4. The quantitative estimate of drug-likeness (QED) is 0.137. The largest absolute Gasteiger partial charge is 0.354 e. The van der Waals surface area contributed by atoms with Crippen molar-refractivity contribution in [2.45, 2.75) is 64.4 Å². The monoisotopic (exact) mass is 693 g/mol. The third-order valence-electron chi connectivity index (χ3n) is 7.98. The Morgan fingerprint density at radius 3 is 2.19 bits per heavy atom. The molecule has 47 heavy (non-hydrogen) atoms. The van der Waals surface area contributed by atoms with Crippen molar-refractivity contribution in [1.82, 2.24) is 10.2 Å². The molecule has 0 aliphatic carbocycles. The van der Waals surface area contributed by atoms with Crippen LogP contribution in [0.25, 0.3) is 0 Å². The van der Waals surface area contributed by atoms with Gasteiger partial charge in [-0.3, -0.25) is 13.9 Å². The Balaban J connectivity index is 1.84. The van der Waals surface area contributed by atoms with E-state index in [1.807, 2.05) is 70.2 Å². The molecule has 0 aliphatic rings. The number of anilines is 1. The minimum absolute atomic E-state index is 0.0429. The summed E-state index contributed by atoms with van der Waals surface area (Å²) in [6.45, 7) is 7.44. The number of halogens is 2. The zero-order valence-corrected chi connectivity index (χ0v) is 29.5. The Morgan fingerprint density at radius 2 is 1.53 bits per heavy atom. The molecule has 4 aromatic carbocycles. The molecule has 0 saturated heterocycles. The van der Waals surface area contributed by atoms with Crippen molar-refractivity contribution < 1.29 is 18.0 Å². The van der Waals surface area contributed by atoms with Crippen LogP contribution >= 0.6 is 23.2 Å². The van der Waals surface area contributed by atoms with Gasteiger partial charge >= 0.3 is 0 Å². The summed E-state index contributed by atoms with van der Waals surface area (Å²) in [6, 6.07) is 25.4. The van der Waals surface area contributed by atoms with Crippen molar-refractivity contribution in [1.29, 1.82) is 0 Å². The maximum Gasteiger partial charge on any atom is 0.264 e. The molecule has 1 N–H and O–H groups in total. The van der Waals surface area contributed by atoms with Crippen LogP contribution < -0.4 is 9.62 Å². The number of rotatable bonds is 14. The van der Waals surface area contributed by atoms with Gasteiger partial charge in [-0.25, -0.2) is 8.42 Å². The van der Waals surface area contributed by atoms with Crippen LogP contribution in [0.5, 0.6) is 0 Å². The summed E-state index contributed by atoms with van der Waals surface area (Å²) < 4.78 is 29.8. The van der Waals surface area contributed by atoms with E-state index in [2.05, 4.69) is 5.32 Å². The van der Waals surface area contributed by atoms with Gasteiger partial charge in [0.25, 0.3) is 10.0 Å². The third kappa shape index (κ3) is 9.37. The highest BCUT2D eigenvalue weighted by atomic mass is 35.5. The van der Waals surface area contributed by atoms with E-state index in [-0.39, 0.29) is 23.8 Å². The first-order chi connectivity index (χ1) is 22.4. The number of hydrogen-bond acceptors (Lipinski definition) is 4. The lowest BCUT2D eigenvalue weighted by Crippen LogP contribution is -2.53. The molecule has 1 atom stereocenters.